The third kappa shape index (κ3) is 4.20. The second-order valence-electron chi connectivity index (χ2n) is 4.71. The first kappa shape index (κ1) is 12.5. The highest BCUT2D eigenvalue weighted by Gasteiger charge is 2.21. The molecule has 0 saturated heterocycles. The molecule has 1 aliphatic rings. The summed E-state index contributed by atoms with van der Waals surface area (Å²) in [5.74, 6) is 0.114. The molecule has 1 aliphatic carbocycles. The van der Waals surface area contributed by atoms with Crippen LogP contribution in [0.3, 0.4) is 0 Å². The molecule has 3 heteroatoms. The average molecular weight is 213 g/mol. The second-order valence-corrected chi connectivity index (χ2v) is 4.71. The number of carboxylic acid groups (broad SMARTS) is 1. The molecule has 0 amide bonds. The van der Waals surface area contributed by atoms with Gasteiger partial charge in [0.05, 0.1) is 0 Å². The Morgan fingerprint density at radius 1 is 1.40 bits per heavy atom. The van der Waals surface area contributed by atoms with Crippen molar-refractivity contribution in [2.45, 2.75) is 64.5 Å². The van der Waals surface area contributed by atoms with E-state index in [0.29, 0.717) is 6.04 Å². The van der Waals surface area contributed by atoms with Gasteiger partial charge in [0.1, 0.15) is 6.04 Å². The molecule has 0 aromatic heterocycles. The molecule has 0 heterocycles. The van der Waals surface area contributed by atoms with Gasteiger partial charge in [0.25, 0.3) is 0 Å². The number of rotatable bonds is 4. The molecule has 88 valence electrons. The van der Waals surface area contributed by atoms with Crippen molar-refractivity contribution in [3.05, 3.63) is 0 Å². The van der Waals surface area contributed by atoms with Crippen LogP contribution in [-0.4, -0.2) is 23.2 Å². The zero-order valence-electron chi connectivity index (χ0n) is 9.83. The van der Waals surface area contributed by atoms with Crippen LogP contribution in [0.15, 0.2) is 0 Å². The second kappa shape index (κ2) is 6.11. The monoisotopic (exact) mass is 213 g/mol. The number of hydrogen-bond donors (Lipinski definition) is 2. The molecule has 1 fully saturated rings. The van der Waals surface area contributed by atoms with Crippen molar-refractivity contribution in [2.24, 2.45) is 5.92 Å². The fraction of sp³-hybridized carbons (Fsp3) is 0.917. The Morgan fingerprint density at radius 3 is 2.73 bits per heavy atom. The Hall–Kier alpha value is -0.570. The van der Waals surface area contributed by atoms with Gasteiger partial charge in [-0.05, 0) is 32.1 Å². The van der Waals surface area contributed by atoms with E-state index in [1.807, 2.05) is 0 Å². The highest BCUT2D eigenvalue weighted by atomic mass is 16.4. The Morgan fingerprint density at radius 2 is 2.13 bits per heavy atom. The Bertz CT molecular complexity index is 206. The number of hydrogen-bond acceptors (Lipinski definition) is 2. The van der Waals surface area contributed by atoms with Crippen molar-refractivity contribution < 1.29 is 9.90 Å². The minimum Gasteiger partial charge on any atom is -0.480 e. The number of carbonyl (C=O) groups is 1. The zero-order chi connectivity index (χ0) is 11.3. The van der Waals surface area contributed by atoms with Gasteiger partial charge in [-0.15, -0.1) is 0 Å². The van der Waals surface area contributed by atoms with Crippen molar-refractivity contribution in [1.82, 2.24) is 5.32 Å². The maximum atomic E-state index is 10.7. The van der Waals surface area contributed by atoms with E-state index < -0.39 is 12.0 Å². The Balaban J connectivity index is 2.34. The predicted molar refractivity (Wildman–Crippen MR) is 60.9 cm³/mol. The predicted octanol–water partition coefficient (Wildman–Crippen LogP) is 2.41. The average Bonchev–Trinajstić information content (AvgIpc) is 2.43. The molecule has 2 N–H and O–H groups in total. The smallest absolute Gasteiger partial charge is 0.320 e. The topological polar surface area (TPSA) is 49.3 Å². The lowest BCUT2D eigenvalue weighted by Crippen LogP contribution is -2.41. The number of carboxylic acids is 1. The van der Waals surface area contributed by atoms with Crippen LogP contribution >= 0.6 is 0 Å². The summed E-state index contributed by atoms with van der Waals surface area (Å²) in [5, 5.41) is 12.0. The third-order valence-electron chi connectivity index (χ3n) is 3.52. The van der Waals surface area contributed by atoms with E-state index >= 15 is 0 Å². The summed E-state index contributed by atoms with van der Waals surface area (Å²) in [6.07, 6.45) is 7.34. The molecule has 3 nitrogen and oxygen atoms in total. The van der Waals surface area contributed by atoms with Gasteiger partial charge in [0.15, 0.2) is 0 Å². The first-order chi connectivity index (χ1) is 7.13. The minimum atomic E-state index is -0.744. The van der Waals surface area contributed by atoms with Crippen LogP contribution in [-0.2, 0) is 4.79 Å². The zero-order valence-corrected chi connectivity index (χ0v) is 9.83. The maximum Gasteiger partial charge on any atom is 0.320 e. The SMILES string of the molecule is CCC1CCCC(NC(C)C(=O)O)CC1. The normalized spacial score (nSPS) is 29.5. The highest BCUT2D eigenvalue weighted by Crippen LogP contribution is 2.25. The van der Waals surface area contributed by atoms with Crippen LogP contribution in [0.5, 0.6) is 0 Å². The van der Waals surface area contributed by atoms with Crippen molar-refractivity contribution in [2.75, 3.05) is 0 Å². The van der Waals surface area contributed by atoms with E-state index in [4.69, 9.17) is 5.11 Å². The first-order valence-corrected chi connectivity index (χ1v) is 6.12. The molecule has 3 atom stereocenters. The van der Waals surface area contributed by atoms with Gasteiger partial charge in [-0.2, -0.15) is 0 Å². The molecule has 0 aliphatic heterocycles. The van der Waals surface area contributed by atoms with Crippen molar-refractivity contribution >= 4 is 5.97 Å². The van der Waals surface area contributed by atoms with Gasteiger partial charge in [0, 0.05) is 6.04 Å². The molecular weight excluding hydrogens is 190 g/mol. The standard InChI is InChI=1S/C12H23NO2/c1-3-10-5-4-6-11(8-7-10)13-9(2)12(14)15/h9-11,13H,3-8H2,1-2H3,(H,14,15). The van der Waals surface area contributed by atoms with E-state index in [2.05, 4.69) is 12.2 Å². The fourth-order valence-corrected chi connectivity index (χ4v) is 2.38. The Kier molecular flexibility index (Phi) is 5.09. The first-order valence-electron chi connectivity index (χ1n) is 6.12. The van der Waals surface area contributed by atoms with Crippen LogP contribution in [0.4, 0.5) is 0 Å². The summed E-state index contributed by atoms with van der Waals surface area (Å²) in [4.78, 5) is 10.7. The molecule has 3 unspecified atom stereocenters. The van der Waals surface area contributed by atoms with Gasteiger partial charge >= 0.3 is 5.97 Å². The van der Waals surface area contributed by atoms with Gasteiger partial charge in [-0.25, -0.2) is 0 Å². The summed E-state index contributed by atoms with van der Waals surface area (Å²) in [6.45, 7) is 3.98. The lowest BCUT2D eigenvalue weighted by atomic mass is 9.98. The van der Waals surface area contributed by atoms with E-state index in [1.54, 1.807) is 6.92 Å². The van der Waals surface area contributed by atoms with Crippen molar-refractivity contribution in [3.63, 3.8) is 0 Å². The Labute approximate surface area is 92.3 Å². The van der Waals surface area contributed by atoms with Crippen LogP contribution in [0, 0.1) is 5.92 Å². The van der Waals surface area contributed by atoms with Crippen LogP contribution in [0.25, 0.3) is 0 Å². The molecule has 0 aromatic carbocycles. The molecule has 0 radical (unpaired) electrons. The van der Waals surface area contributed by atoms with E-state index in [-0.39, 0.29) is 0 Å². The van der Waals surface area contributed by atoms with Gasteiger partial charge in [-0.1, -0.05) is 26.2 Å². The quantitative estimate of drug-likeness (QED) is 0.705. The summed E-state index contributed by atoms with van der Waals surface area (Å²) in [6, 6.07) is 0.000765. The summed E-state index contributed by atoms with van der Waals surface area (Å²) >= 11 is 0. The summed E-state index contributed by atoms with van der Waals surface area (Å²) in [5.41, 5.74) is 0. The molecule has 0 spiro atoms. The van der Waals surface area contributed by atoms with Gasteiger partial charge in [0.2, 0.25) is 0 Å². The van der Waals surface area contributed by atoms with Gasteiger partial charge < -0.3 is 10.4 Å². The molecule has 1 rings (SSSR count). The fourth-order valence-electron chi connectivity index (χ4n) is 2.38. The highest BCUT2D eigenvalue weighted by molar-refractivity contribution is 5.72. The van der Waals surface area contributed by atoms with Crippen LogP contribution in [0.1, 0.15) is 52.4 Å². The van der Waals surface area contributed by atoms with Crippen LogP contribution in [0.2, 0.25) is 0 Å². The van der Waals surface area contributed by atoms with E-state index in [9.17, 15) is 4.79 Å². The molecule has 0 aromatic rings. The lowest BCUT2D eigenvalue weighted by molar-refractivity contribution is -0.139. The lowest BCUT2D eigenvalue weighted by Gasteiger charge is -2.19. The summed E-state index contributed by atoms with van der Waals surface area (Å²) < 4.78 is 0. The van der Waals surface area contributed by atoms with Crippen molar-refractivity contribution in [1.29, 1.82) is 0 Å². The van der Waals surface area contributed by atoms with Crippen molar-refractivity contribution in [3.8, 4) is 0 Å². The van der Waals surface area contributed by atoms with E-state index in [1.165, 1.54) is 25.7 Å². The maximum absolute atomic E-state index is 10.7. The van der Waals surface area contributed by atoms with Gasteiger partial charge in [-0.3, -0.25) is 4.79 Å². The largest absolute Gasteiger partial charge is 0.480 e. The molecule has 1 saturated carbocycles. The third-order valence-corrected chi connectivity index (χ3v) is 3.52. The molecule has 15 heavy (non-hydrogen) atoms. The molecule has 0 bridgehead atoms. The number of aliphatic carboxylic acids is 1. The molecular formula is C12H23NO2. The number of nitrogens with one attached hydrogen (secondary N) is 1. The van der Waals surface area contributed by atoms with E-state index in [0.717, 1.165) is 18.8 Å². The summed E-state index contributed by atoms with van der Waals surface area (Å²) in [7, 11) is 0. The van der Waals surface area contributed by atoms with Crippen LogP contribution < -0.4 is 5.32 Å². The minimum absolute atomic E-state index is 0.409.